The number of phenols is 1. The third-order valence-electron chi connectivity index (χ3n) is 1.24. The molecule has 0 fully saturated rings. The van der Waals surface area contributed by atoms with E-state index in [0.717, 1.165) is 4.47 Å². The van der Waals surface area contributed by atoms with E-state index in [1.54, 1.807) is 12.1 Å². The molecule has 4 heteroatoms. The van der Waals surface area contributed by atoms with Gasteiger partial charge >= 0.3 is 0 Å². The fraction of sp³-hybridized carbons (Fsp3) is 0.143. The molecule has 0 unspecified atom stereocenters. The Morgan fingerprint density at radius 2 is 1.82 bits per heavy atom. The highest BCUT2D eigenvalue weighted by atomic mass is 79.9. The van der Waals surface area contributed by atoms with E-state index in [1.807, 2.05) is 0 Å². The smallest absolute Gasteiger partial charge is 0.175 e. The Labute approximate surface area is 81.4 Å². The quantitative estimate of drug-likeness (QED) is 0.858. The highest BCUT2D eigenvalue weighted by molar-refractivity contribution is 9.11. The maximum Gasteiger partial charge on any atom is 0.175 e. The van der Waals surface area contributed by atoms with Gasteiger partial charge in [-0.15, -0.1) is 0 Å². The molecule has 1 N–H and O–H groups in total. The molecule has 0 radical (unpaired) electrons. The Hall–Kier alpha value is -0.220. The van der Waals surface area contributed by atoms with E-state index >= 15 is 0 Å². The van der Waals surface area contributed by atoms with Gasteiger partial charge in [-0.1, -0.05) is 0 Å². The summed E-state index contributed by atoms with van der Waals surface area (Å²) in [5.41, 5.74) is 0. The Balaban J connectivity index is 3.29. The lowest BCUT2D eigenvalue weighted by molar-refractivity contribution is 0.369. The van der Waals surface area contributed by atoms with E-state index in [4.69, 9.17) is 4.74 Å². The first-order valence-electron chi connectivity index (χ1n) is 2.87. The van der Waals surface area contributed by atoms with E-state index in [1.165, 1.54) is 7.11 Å². The molecule has 0 aromatic heterocycles. The van der Waals surface area contributed by atoms with Crippen molar-refractivity contribution >= 4 is 31.9 Å². The predicted molar refractivity (Wildman–Crippen MR) is 50.1 cm³/mol. The number of ether oxygens (including phenoxy) is 1. The second-order valence-electron chi connectivity index (χ2n) is 1.91. The number of rotatable bonds is 1. The number of aromatic hydroxyl groups is 1. The number of hydrogen-bond donors (Lipinski definition) is 1. The van der Waals surface area contributed by atoms with Gasteiger partial charge in [0.25, 0.3) is 0 Å². The molecule has 0 heterocycles. The van der Waals surface area contributed by atoms with Gasteiger partial charge in [0, 0.05) is 0 Å². The minimum Gasteiger partial charge on any atom is -0.503 e. The van der Waals surface area contributed by atoms with E-state index in [9.17, 15) is 5.11 Å². The molecular weight excluding hydrogens is 276 g/mol. The van der Waals surface area contributed by atoms with Gasteiger partial charge in [-0.25, -0.2) is 0 Å². The van der Waals surface area contributed by atoms with Gasteiger partial charge in [0.2, 0.25) is 0 Å². The van der Waals surface area contributed by atoms with Crippen molar-refractivity contribution in [2.75, 3.05) is 7.11 Å². The minimum atomic E-state index is 0.113. The lowest BCUT2D eigenvalue weighted by Gasteiger charge is -2.06. The van der Waals surface area contributed by atoms with Crippen LogP contribution in [0.5, 0.6) is 11.5 Å². The van der Waals surface area contributed by atoms with Gasteiger partial charge in [0.05, 0.1) is 16.1 Å². The Kier molecular flexibility index (Phi) is 2.78. The van der Waals surface area contributed by atoms with Crippen molar-refractivity contribution in [3.63, 3.8) is 0 Å². The van der Waals surface area contributed by atoms with Crippen LogP contribution in [-0.2, 0) is 0 Å². The molecule has 0 saturated heterocycles. The molecule has 1 aromatic rings. The molecule has 0 aliphatic rings. The molecule has 0 aliphatic heterocycles. The molecule has 1 aromatic carbocycles. The highest BCUT2D eigenvalue weighted by Crippen LogP contribution is 2.39. The maximum atomic E-state index is 9.38. The third kappa shape index (κ3) is 1.68. The van der Waals surface area contributed by atoms with Gasteiger partial charge < -0.3 is 9.84 Å². The Morgan fingerprint density at radius 1 is 1.27 bits per heavy atom. The largest absolute Gasteiger partial charge is 0.503 e. The lowest BCUT2D eigenvalue weighted by Crippen LogP contribution is -1.85. The van der Waals surface area contributed by atoms with Crippen LogP contribution < -0.4 is 4.74 Å². The van der Waals surface area contributed by atoms with E-state index in [0.29, 0.717) is 10.2 Å². The molecule has 0 bridgehead atoms. The zero-order chi connectivity index (χ0) is 8.43. The molecule has 1 rings (SSSR count). The summed E-state index contributed by atoms with van der Waals surface area (Å²) in [5, 5.41) is 9.38. The van der Waals surface area contributed by atoms with Crippen LogP contribution in [0.4, 0.5) is 0 Å². The summed E-state index contributed by atoms with van der Waals surface area (Å²) in [7, 11) is 1.51. The molecule has 0 amide bonds. The van der Waals surface area contributed by atoms with Crippen LogP contribution in [0.2, 0.25) is 0 Å². The number of benzene rings is 1. The normalized spacial score (nSPS) is 9.73. The van der Waals surface area contributed by atoms with Crippen LogP contribution in [0, 0.1) is 0 Å². The topological polar surface area (TPSA) is 29.5 Å². The molecule has 60 valence electrons. The van der Waals surface area contributed by atoms with Crippen molar-refractivity contribution in [3.8, 4) is 11.5 Å². The van der Waals surface area contributed by atoms with Crippen molar-refractivity contribution < 1.29 is 9.84 Å². The summed E-state index contributed by atoms with van der Waals surface area (Å²) in [6.07, 6.45) is 0. The van der Waals surface area contributed by atoms with Crippen molar-refractivity contribution in [1.82, 2.24) is 0 Å². The summed E-state index contributed by atoms with van der Waals surface area (Å²) in [6, 6.07) is 3.53. The molecule has 0 spiro atoms. The van der Waals surface area contributed by atoms with Crippen LogP contribution in [-0.4, -0.2) is 12.2 Å². The average Bonchev–Trinajstić information content (AvgIpc) is 1.99. The first-order valence-corrected chi connectivity index (χ1v) is 4.46. The summed E-state index contributed by atoms with van der Waals surface area (Å²) in [6.45, 7) is 0. The number of halogens is 2. The van der Waals surface area contributed by atoms with Gasteiger partial charge in [-0.2, -0.15) is 0 Å². The minimum absolute atomic E-state index is 0.113. The molecule has 2 nitrogen and oxygen atoms in total. The van der Waals surface area contributed by atoms with Crippen LogP contribution in [0.1, 0.15) is 0 Å². The fourth-order valence-corrected chi connectivity index (χ4v) is 1.51. The zero-order valence-electron chi connectivity index (χ0n) is 5.77. The van der Waals surface area contributed by atoms with E-state index < -0.39 is 0 Å². The summed E-state index contributed by atoms with van der Waals surface area (Å²) < 4.78 is 6.29. The average molecular weight is 282 g/mol. The van der Waals surface area contributed by atoms with Crippen molar-refractivity contribution in [2.45, 2.75) is 0 Å². The van der Waals surface area contributed by atoms with Crippen LogP contribution in [0.15, 0.2) is 21.1 Å². The number of hydrogen-bond acceptors (Lipinski definition) is 2. The molecule has 0 aliphatic carbocycles. The molecule has 0 saturated carbocycles. The van der Waals surface area contributed by atoms with Gasteiger partial charge in [-0.05, 0) is 44.0 Å². The number of methoxy groups -OCH3 is 1. The summed E-state index contributed by atoms with van der Waals surface area (Å²) >= 11 is 6.41. The van der Waals surface area contributed by atoms with Crippen molar-refractivity contribution in [3.05, 3.63) is 21.1 Å². The fourth-order valence-electron chi connectivity index (χ4n) is 0.717. The molecule has 11 heavy (non-hydrogen) atoms. The van der Waals surface area contributed by atoms with E-state index in [-0.39, 0.29) is 5.75 Å². The standard InChI is InChI=1S/C7H6Br2O2/c1-11-7-5(9)3-2-4(8)6(7)10/h2-3,10H,1H3. The SMILES string of the molecule is COc1c(Br)ccc(Br)c1O. The third-order valence-corrected chi connectivity index (χ3v) is 2.50. The van der Waals surface area contributed by atoms with Crippen molar-refractivity contribution in [2.24, 2.45) is 0 Å². The summed E-state index contributed by atoms with van der Waals surface area (Å²) in [4.78, 5) is 0. The molecule has 0 atom stereocenters. The van der Waals surface area contributed by atoms with Crippen LogP contribution in [0.25, 0.3) is 0 Å². The van der Waals surface area contributed by atoms with Gasteiger partial charge in [0.15, 0.2) is 11.5 Å². The molecular formula is C7H6Br2O2. The van der Waals surface area contributed by atoms with Crippen molar-refractivity contribution in [1.29, 1.82) is 0 Å². The number of phenolic OH excluding ortho intramolecular Hbond substituents is 1. The lowest BCUT2D eigenvalue weighted by atomic mass is 10.3. The van der Waals surface area contributed by atoms with E-state index in [2.05, 4.69) is 31.9 Å². The van der Waals surface area contributed by atoms with Crippen LogP contribution >= 0.6 is 31.9 Å². The highest BCUT2D eigenvalue weighted by Gasteiger charge is 2.08. The van der Waals surface area contributed by atoms with Crippen LogP contribution in [0.3, 0.4) is 0 Å². The van der Waals surface area contributed by atoms with Gasteiger partial charge in [-0.3, -0.25) is 0 Å². The summed E-state index contributed by atoms with van der Waals surface area (Å²) in [5.74, 6) is 0.557. The second-order valence-corrected chi connectivity index (χ2v) is 3.62. The Bertz CT molecular complexity index is 273. The maximum absolute atomic E-state index is 9.38. The first-order chi connectivity index (χ1) is 5.16. The Morgan fingerprint density at radius 3 is 2.27 bits per heavy atom. The zero-order valence-corrected chi connectivity index (χ0v) is 8.94. The predicted octanol–water partition coefficient (Wildman–Crippen LogP) is 2.93. The second kappa shape index (κ2) is 3.45. The monoisotopic (exact) mass is 280 g/mol. The first kappa shape index (κ1) is 8.87. The van der Waals surface area contributed by atoms with Gasteiger partial charge in [0.1, 0.15) is 0 Å².